The molecule has 0 aliphatic heterocycles. The van der Waals surface area contributed by atoms with Gasteiger partial charge in [0.05, 0.1) is 22.8 Å². The number of nitrogens with one attached hydrogen (secondary N) is 2. The fourth-order valence-electron chi connectivity index (χ4n) is 3.41. The molecule has 0 unspecified atom stereocenters. The van der Waals surface area contributed by atoms with Crippen molar-refractivity contribution in [1.29, 1.82) is 0 Å². The van der Waals surface area contributed by atoms with Crippen LogP contribution in [0.2, 0.25) is 5.02 Å². The van der Waals surface area contributed by atoms with Crippen LogP contribution in [0.25, 0.3) is 10.9 Å². The average Bonchev–Trinajstić information content (AvgIpc) is 3.23. The van der Waals surface area contributed by atoms with Gasteiger partial charge in [0.2, 0.25) is 5.91 Å². The van der Waals surface area contributed by atoms with Crippen molar-refractivity contribution in [3.8, 4) is 5.75 Å². The molecule has 0 aliphatic carbocycles. The highest BCUT2D eigenvalue weighted by Crippen LogP contribution is 2.34. The molecule has 200 valence electrons. The second kappa shape index (κ2) is 13.3. The number of carbonyl (C=O) groups is 1. The normalized spacial score (nSPS) is 11.1. The van der Waals surface area contributed by atoms with Gasteiger partial charge in [-0.1, -0.05) is 34.7 Å². The monoisotopic (exact) mass is 594 g/mol. The molecule has 0 radical (unpaired) electrons. The molecule has 0 saturated heterocycles. The fraction of sp³-hybridized carbons (Fsp3) is 0.292. The lowest BCUT2D eigenvalue weighted by Crippen LogP contribution is -2.20. The van der Waals surface area contributed by atoms with Gasteiger partial charge >= 0.3 is 0 Å². The van der Waals surface area contributed by atoms with Gasteiger partial charge in [-0.25, -0.2) is 19.0 Å². The van der Waals surface area contributed by atoms with Gasteiger partial charge in [0, 0.05) is 29.5 Å². The number of thioether (sulfide) groups is 1. The summed E-state index contributed by atoms with van der Waals surface area (Å²) < 4.78 is 22.1. The lowest BCUT2D eigenvalue weighted by atomic mass is 10.1. The molecule has 3 N–H and O–H groups in total. The topological polar surface area (TPSA) is 114 Å². The molecule has 0 atom stereocenters. The van der Waals surface area contributed by atoms with Crippen LogP contribution in [-0.2, 0) is 11.3 Å². The minimum absolute atomic E-state index is 0.0210. The Bertz CT molecular complexity index is 1500. The summed E-state index contributed by atoms with van der Waals surface area (Å²) in [5.74, 6) is 0.849. The molecule has 2 heterocycles. The van der Waals surface area contributed by atoms with Gasteiger partial charge in [0.1, 0.15) is 30.3 Å². The number of benzene rings is 2. The van der Waals surface area contributed by atoms with Crippen molar-refractivity contribution in [2.24, 2.45) is 0 Å². The first-order valence-corrected chi connectivity index (χ1v) is 14.2. The van der Waals surface area contributed by atoms with E-state index >= 15 is 0 Å². The van der Waals surface area contributed by atoms with Gasteiger partial charge in [0.25, 0.3) is 0 Å². The Morgan fingerprint density at radius 3 is 2.89 bits per heavy atom. The molecule has 4 rings (SSSR count). The Labute approximate surface area is 236 Å². The second-order valence-corrected chi connectivity index (χ2v) is 11.3. The highest BCUT2D eigenvalue weighted by molar-refractivity contribution is 8.01. The Hall–Kier alpha value is -2.84. The highest BCUT2D eigenvalue weighted by Gasteiger charge is 2.15. The van der Waals surface area contributed by atoms with E-state index in [-0.39, 0.29) is 24.1 Å². The summed E-state index contributed by atoms with van der Waals surface area (Å²) in [5, 5.41) is 20.0. The van der Waals surface area contributed by atoms with Crippen LogP contribution in [-0.4, -0.2) is 49.7 Å². The number of carbonyl (C=O) groups excluding carboxylic acids is 1. The molecule has 0 bridgehead atoms. The van der Waals surface area contributed by atoms with E-state index < -0.39 is 5.82 Å². The summed E-state index contributed by atoms with van der Waals surface area (Å²) in [6.07, 6.45) is 2.99. The van der Waals surface area contributed by atoms with Crippen LogP contribution in [0, 0.1) is 9.77 Å². The molecule has 4 aromatic rings. The number of aromatic nitrogens is 4. The van der Waals surface area contributed by atoms with E-state index in [1.54, 1.807) is 30.0 Å². The first-order valence-electron chi connectivity index (χ1n) is 11.6. The van der Waals surface area contributed by atoms with E-state index in [0.29, 0.717) is 44.4 Å². The Balaban J connectivity index is 1.56. The van der Waals surface area contributed by atoms with E-state index in [1.165, 1.54) is 34.5 Å². The third kappa shape index (κ3) is 7.17. The Morgan fingerprint density at radius 2 is 2.13 bits per heavy atom. The number of fused-ring (bicyclic) bond motifs is 1. The van der Waals surface area contributed by atoms with E-state index in [1.807, 2.05) is 6.92 Å². The number of unbranched alkanes of at least 4 members (excludes halogenated alkanes) is 1. The maximum Gasteiger partial charge on any atom is 0.246 e. The molecule has 0 spiro atoms. The molecule has 2 aromatic carbocycles. The number of aliphatic hydroxyl groups is 1. The van der Waals surface area contributed by atoms with E-state index in [9.17, 15) is 9.18 Å². The molecule has 0 fully saturated rings. The minimum atomic E-state index is -0.524. The molecular formula is C24H24ClFN6O3S3. The first kappa shape index (κ1) is 28.2. The summed E-state index contributed by atoms with van der Waals surface area (Å²) >= 11 is 14.2. The SMILES string of the molecule is CCOc1cc2ncnc(Nc3ccc(F)c(Cl)c3)c2cc1NC(=O)Cn1nc(SCCCCO)sc1=S. The van der Waals surface area contributed by atoms with Crippen LogP contribution in [0.4, 0.5) is 21.6 Å². The standard InChI is InChI=1S/C24H24ClFN6O3S3/c1-2-35-20-11-18-15(22(28-13-27-18)29-14-5-6-17(26)16(25)9-14)10-19(20)30-21(34)12-32-24(36)38-23(31-32)37-8-4-3-7-33/h5-6,9-11,13,33H,2-4,7-8,12H2,1H3,(H,30,34)(H,27,28,29). The second-order valence-electron chi connectivity index (χ2n) is 7.89. The number of halogens is 2. The fourth-order valence-corrected chi connectivity index (χ4v) is 5.99. The smallest absolute Gasteiger partial charge is 0.246 e. The van der Waals surface area contributed by atoms with Crippen molar-refractivity contribution in [2.75, 3.05) is 29.6 Å². The summed E-state index contributed by atoms with van der Waals surface area (Å²) in [5.41, 5.74) is 1.56. The van der Waals surface area contributed by atoms with Crippen molar-refractivity contribution in [1.82, 2.24) is 19.7 Å². The van der Waals surface area contributed by atoms with Crippen LogP contribution >= 0.6 is 46.9 Å². The van der Waals surface area contributed by atoms with Gasteiger partial charge in [0.15, 0.2) is 8.29 Å². The summed E-state index contributed by atoms with van der Waals surface area (Å²) in [6, 6.07) is 7.69. The number of amides is 1. The van der Waals surface area contributed by atoms with Crippen LogP contribution < -0.4 is 15.4 Å². The van der Waals surface area contributed by atoms with Crippen LogP contribution in [0.5, 0.6) is 5.75 Å². The van der Waals surface area contributed by atoms with E-state index in [4.69, 9.17) is 33.7 Å². The lowest BCUT2D eigenvalue weighted by molar-refractivity contribution is -0.116. The van der Waals surface area contributed by atoms with Crippen LogP contribution in [0.1, 0.15) is 19.8 Å². The number of anilines is 3. The third-order valence-corrected chi connectivity index (χ3v) is 7.97. The molecule has 14 heteroatoms. The highest BCUT2D eigenvalue weighted by atomic mass is 35.5. The van der Waals surface area contributed by atoms with Crippen molar-refractivity contribution in [2.45, 2.75) is 30.6 Å². The van der Waals surface area contributed by atoms with Gasteiger partial charge in [-0.2, -0.15) is 5.10 Å². The molecule has 0 aliphatic rings. The van der Waals surface area contributed by atoms with Crippen LogP contribution in [0.15, 0.2) is 41.0 Å². The molecule has 9 nitrogen and oxygen atoms in total. The predicted octanol–water partition coefficient (Wildman–Crippen LogP) is 6.06. The van der Waals surface area contributed by atoms with Crippen LogP contribution in [0.3, 0.4) is 0 Å². The Kier molecular flexibility index (Phi) is 9.86. The molecule has 0 saturated carbocycles. The van der Waals surface area contributed by atoms with Gasteiger partial charge in [-0.15, -0.1) is 0 Å². The van der Waals surface area contributed by atoms with Gasteiger partial charge < -0.3 is 20.5 Å². The molecular weight excluding hydrogens is 571 g/mol. The van der Waals surface area contributed by atoms with Gasteiger partial charge in [-0.3, -0.25) is 4.79 Å². The number of hydrogen-bond donors (Lipinski definition) is 3. The summed E-state index contributed by atoms with van der Waals surface area (Å²) in [4.78, 5) is 21.6. The number of nitrogens with zero attached hydrogens (tertiary/aromatic N) is 4. The number of rotatable bonds is 12. The lowest BCUT2D eigenvalue weighted by Gasteiger charge is -2.15. The Morgan fingerprint density at radius 1 is 1.29 bits per heavy atom. The zero-order valence-electron chi connectivity index (χ0n) is 20.2. The maximum atomic E-state index is 13.6. The number of hydrogen-bond acceptors (Lipinski definition) is 10. The number of aliphatic hydroxyl groups excluding tert-OH is 1. The van der Waals surface area contributed by atoms with E-state index in [0.717, 1.165) is 22.9 Å². The predicted molar refractivity (Wildman–Crippen MR) is 152 cm³/mol. The first-order chi connectivity index (χ1) is 18.4. The van der Waals surface area contributed by atoms with Crippen molar-refractivity contribution in [3.05, 3.63) is 51.5 Å². The maximum absolute atomic E-state index is 13.6. The number of ether oxygens (including phenoxy) is 1. The zero-order valence-corrected chi connectivity index (χ0v) is 23.4. The van der Waals surface area contributed by atoms with Gasteiger partial charge in [-0.05, 0) is 56.2 Å². The van der Waals surface area contributed by atoms with Crippen molar-refractivity contribution >= 4 is 80.9 Å². The third-order valence-electron chi connectivity index (χ3n) is 5.15. The van der Waals surface area contributed by atoms with Crippen molar-refractivity contribution < 1.29 is 19.0 Å². The van der Waals surface area contributed by atoms with Crippen molar-refractivity contribution in [3.63, 3.8) is 0 Å². The van der Waals surface area contributed by atoms with E-state index in [2.05, 4.69) is 25.7 Å². The largest absolute Gasteiger partial charge is 0.492 e. The average molecular weight is 595 g/mol. The summed E-state index contributed by atoms with van der Waals surface area (Å²) in [7, 11) is 0. The molecule has 2 aromatic heterocycles. The minimum Gasteiger partial charge on any atom is -0.492 e. The molecule has 1 amide bonds. The quantitative estimate of drug-likeness (QED) is 0.102. The molecule has 38 heavy (non-hydrogen) atoms. The zero-order chi connectivity index (χ0) is 27.1. The summed E-state index contributed by atoms with van der Waals surface area (Å²) in [6.45, 7) is 2.32.